The zero-order chi connectivity index (χ0) is 21.2. The van der Waals surface area contributed by atoms with Crippen LogP contribution in [0.3, 0.4) is 0 Å². The summed E-state index contributed by atoms with van der Waals surface area (Å²) in [5, 5.41) is 10.2. The molecule has 11 heteroatoms. The zero-order valence-electron chi connectivity index (χ0n) is 16.4. The van der Waals surface area contributed by atoms with Gasteiger partial charge in [0.2, 0.25) is 10.0 Å². The quantitative estimate of drug-likeness (QED) is 0.700. The molecule has 1 aliphatic heterocycles. The molecule has 1 saturated heterocycles. The van der Waals surface area contributed by atoms with E-state index in [1.807, 2.05) is 19.2 Å². The number of methoxy groups -OCH3 is 1. The molecular weight excluding hydrogens is 416 g/mol. The summed E-state index contributed by atoms with van der Waals surface area (Å²) in [6, 6.07) is 3.87. The van der Waals surface area contributed by atoms with Gasteiger partial charge in [0.25, 0.3) is 5.91 Å². The fourth-order valence-electron chi connectivity index (χ4n) is 3.29. The first-order valence-corrected chi connectivity index (χ1v) is 11.4. The molecule has 9 nitrogen and oxygen atoms in total. The van der Waals surface area contributed by atoms with Crippen LogP contribution in [0.5, 0.6) is 5.75 Å². The van der Waals surface area contributed by atoms with Crippen LogP contribution in [0.4, 0.5) is 5.13 Å². The van der Waals surface area contributed by atoms with Gasteiger partial charge < -0.3 is 9.47 Å². The van der Waals surface area contributed by atoms with Crippen LogP contribution < -0.4 is 15.2 Å². The number of thiazole rings is 1. The minimum absolute atomic E-state index is 0.0617. The van der Waals surface area contributed by atoms with Gasteiger partial charge in [0.1, 0.15) is 5.75 Å². The summed E-state index contributed by atoms with van der Waals surface area (Å²) in [7, 11) is -2.54. The third-order valence-corrected chi connectivity index (χ3v) is 6.11. The van der Waals surface area contributed by atoms with Crippen LogP contribution in [0.2, 0.25) is 0 Å². The van der Waals surface area contributed by atoms with Crippen molar-refractivity contribution in [3.63, 3.8) is 0 Å². The van der Waals surface area contributed by atoms with E-state index in [1.54, 1.807) is 0 Å². The molecule has 1 aromatic carbocycles. The third-order valence-electron chi connectivity index (χ3n) is 4.40. The number of morpholine rings is 1. The summed E-state index contributed by atoms with van der Waals surface area (Å²) in [5.41, 5.74) is 0.906. The van der Waals surface area contributed by atoms with Crippen LogP contribution in [-0.4, -0.2) is 56.6 Å². The Morgan fingerprint density at radius 3 is 2.69 bits per heavy atom. The van der Waals surface area contributed by atoms with E-state index in [4.69, 9.17) is 14.6 Å². The first kappa shape index (κ1) is 21.7. The molecule has 2 atom stereocenters. The van der Waals surface area contributed by atoms with Gasteiger partial charge in [-0.15, -0.1) is 11.3 Å². The fourth-order valence-corrected chi connectivity index (χ4v) is 4.52. The predicted molar refractivity (Wildman–Crippen MR) is 110 cm³/mol. The Labute approximate surface area is 173 Å². The summed E-state index contributed by atoms with van der Waals surface area (Å²) in [6.07, 6.45) is 0.324. The van der Waals surface area contributed by atoms with Gasteiger partial charge in [-0.3, -0.25) is 15.0 Å². The van der Waals surface area contributed by atoms with Crippen molar-refractivity contribution >= 4 is 32.4 Å². The molecule has 1 amide bonds. The number of anilines is 1. The number of amides is 1. The standard InChI is InChI=1S/C18H24N4O5S2/c1-11-7-22(8-12(2)27-11)9-13-10-28-18(20-13)21-17(23)15-6-14(29(19,24)25)4-5-16(15)26-3/h4-6,10-12H,7-9H2,1-3H3,(H2,19,24,25)(H,20,21,23). The number of rotatable bonds is 6. The normalized spacial score (nSPS) is 20.4. The number of carbonyl (C=O) groups excluding carboxylic acids is 1. The van der Waals surface area contributed by atoms with Crippen molar-refractivity contribution in [1.29, 1.82) is 0 Å². The highest BCUT2D eigenvalue weighted by Crippen LogP contribution is 2.25. The van der Waals surface area contributed by atoms with E-state index in [2.05, 4.69) is 15.2 Å². The second kappa shape index (κ2) is 8.76. The Morgan fingerprint density at radius 1 is 1.38 bits per heavy atom. The molecule has 1 fully saturated rings. The van der Waals surface area contributed by atoms with Crippen LogP contribution in [-0.2, 0) is 21.3 Å². The Morgan fingerprint density at radius 2 is 2.07 bits per heavy atom. The Bertz CT molecular complexity index is 982. The highest BCUT2D eigenvalue weighted by atomic mass is 32.2. The molecule has 0 saturated carbocycles. The van der Waals surface area contributed by atoms with Crippen LogP contribution in [0.15, 0.2) is 28.5 Å². The van der Waals surface area contributed by atoms with Crippen LogP contribution in [0.1, 0.15) is 29.9 Å². The molecule has 2 heterocycles. The molecule has 158 valence electrons. The van der Waals surface area contributed by atoms with E-state index in [9.17, 15) is 13.2 Å². The third kappa shape index (κ3) is 5.52. The maximum absolute atomic E-state index is 12.7. The maximum atomic E-state index is 12.7. The van der Waals surface area contributed by atoms with Crippen molar-refractivity contribution in [3.8, 4) is 5.75 Å². The number of nitrogens with one attached hydrogen (secondary N) is 1. The molecule has 0 radical (unpaired) electrons. The lowest BCUT2D eigenvalue weighted by atomic mass is 10.2. The number of ether oxygens (including phenoxy) is 2. The molecule has 0 bridgehead atoms. The number of primary sulfonamides is 1. The molecule has 0 aliphatic carbocycles. The van der Waals surface area contributed by atoms with Gasteiger partial charge in [-0.25, -0.2) is 18.5 Å². The van der Waals surface area contributed by atoms with Gasteiger partial charge in [0, 0.05) is 25.0 Å². The van der Waals surface area contributed by atoms with E-state index < -0.39 is 15.9 Å². The van der Waals surface area contributed by atoms with Gasteiger partial charge in [-0.05, 0) is 32.0 Å². The van der Waals surface area contributed by atoms with E-state index in [-0.39, 0.29) is 28.4 Å². The number of nitrogens with zero attached hydrogens (tertiary/aromatic N) is 2. The van der Waals surface area contributed by atoms with Crippen LogP contribution in [0, 0.1) is 0 Å². The largest absolute Gasteiger partial charge is 0.496 e. The van der Waals surface area contributed by atoms with Crippen LogP contribution in [0.25, 0.3) is 0 Å². The Hall–Kier alpha value is -2.05. The molecule has 3 N–H and O–H groups in total. The molecular formula is C18H24N4O5S2. The lowest BCUT2D eigenvalue weighted by molar-refractivity contribution is -0.0707. The number of hydrogen-bond donors (Lipinski definition) is 2. The van der Waals surface area contributed by atoms with Crippen molar-refractivity contribution in [2.24, 2.45) is 5.14 Å². The van der Waals surface area contributed by atoms with Crippen molar-refractivity contribution in [3.05, 3.63) is 34.8 Å². The van der Waals surface area contributed by atoms with E-state index in [0.29, 0.717) is 11.7 Å². The summed E-state index contributed by atoms with van der Waals surface area (Å²) in [5.74, 6) is -0.287. The number of benzene rings is 1. The number of aromatic nitrogens is 1. The maximum Gasteiger partial charge on any atom is 0.261 e. The highest BCUT2D eigenvalue weighted by molar-refractivity contribution is 7.89. The van der Waals surface area contributed by atoms with Crippen molar-refractivity contribution < 1.29 is 22.7 Å². The topological polar surface area (TPSA) is 124 Å². The first-order valence-electron chi connectivity index (χ1n) is 9.00. The lowest BCUT2D eigenvalue weighted by Crippen LogP contribution is -2.44. The summed E-state index contributed by atoms with van der Waals surface area (Å²) < 4.78 is 34.1. The SMILES string of the molecule is COc1ccc(S(N)(=O)=O)cc1C(=O)Nc1nc(CN2CC(C)OC(C)C2)cs1. The molecule has 3 rings (SSSR count). The van der Waals surface area contributed by atoms with Gasteiger partial charge in [0.15, 0.2) is 5.13 Å². The number of hydrogen-bond acceptors (Lipinski definition) is 8. The lowest BCUT2D eigenvalue weighted by Gasteiger charge is -2.34. The number of sulfonamides is 1. The van der Waals surface area contributed by atoms with E-state index >= 15 is 0 Å². The summed E-state index contributed by atoms with van der Waals surface area (Å²) >= 11 is 1.30. The highest BCUT2D eigenvalue weighted by Gasteiger charge is 2.23. The minimum atomic E-state index is -3.94. The van der Waals surface area contributed by atoms with Crippen molar-refractivity contribution in [1.82, 2.24) is 9.88 Å². The average Bonchev–Trinajstić information content (AvgIpc) is 3.06. The van der Waals surface area contributed by atoms with Gasteiger partial charge >= 0.3 is 0 Å². The van der Waals surface area contributed by atoms with Gasteiger partial charge in [-0.2, -0.15) is 0 Å². The monoisotopic (exact) mass is 440 g/mol. The molecule has 2 aromatic rings. The fraction of sp³-hybridized carbons (Fsp3) is 0.444. The Kier molecular flexibility index (Phi) is 6.54. The molecule has 29 heavy (non-hydrogen) atoms. The number of nitrogens with two attached hydrogens (primary N) is 1. The average molecular weight is 441 g/mol. The smallest absolute Gasteiger partial charge is 0.261 e. The van der Waals surface area contributed by atoms with Gasteiger partial charge in [0.05, 0.1) is 35.5 Å². The summed E-state index contributed by atoms with van der Waals surface area (Å²) in [4.78, 5) is 19.2. The van der Waals surface area contributed by atoms with E-state index in [1.165, 1.54) is 36.6 Å². The first-order chi connectivity index (χ1) is 13.7. The molecule has 0 spiro atoms. The molecule has 2 unspecified atom stereocenters. The predicted octanol–water partition coefficient (Wildman–Crippen LogP) is 1.66. The summed E-state index contributed by atoms with van der Waals surface area (Å²) in [6.45, 7) is 6.38. The second-order valence-corrected chi connectivity index (χ2v) is 9.38. The van der Waals surface area contributed by atoms with Crippen molar-refractivity contribution in [2.45, 2.75) is 37.5 Å². The second-order valence-electron chi connectivity index (χ2n) is 6.96. The van der Waals surface area contributed by atoms with Gasteiger partial charge in [-0.1, -0.05) is 0 Å². The van der Waals surface area contributed by atoms with Crippen LogP contribution >= 0.6 is 11.3 Å². The molecule has 1 aliphatic rings. The zero-order valence-corrected chi connectivity index (χ0v) is 18.0. The number of carbonyl (C=O) groups is 1. The van der Waals surface area contributed by atoms with E-state index in [0.717, 1.165) is 18.8 Å². The minimum Gasteiger partial charge on any atom is -0.496 e. The molecule has 1 aromatic heterocycles. The van der Waals surface area contributed by atoms with Crippen molar-refractivity contribution in [2.75, 3.05) is 25.5 Å². The Balaban J connectivity index is 1.72.